The van der Waals surface area contributed by atoms with E-state index in [-0.39, 0.29) is 26.9 Å². The van der Waals surface area contributed by atoms with Gasteiger partial charge in [-0.2, -0.15) is 0 Å². The Morgan fingerprint density at radius 2 is 1.81 bits per heavy atom. The van der Waals surface area contributed by atoms with Crippen LogP contribution in [-0.2, 0) is 19.6 Å². The van der Waals surface area contributed by atoms with Crippen LogP contribution in [0, 0.1) is 0 Å². The Balaban J connectivity index is 1.99. The van der Waals surface area contributed by atoms with E-state index >= 15 is 0 Å². The lowest BCUT2D eigenvalue weighted by Crippen LogP contribution is -2.21. The third-order valence-electron chi connectivity index (χ3n) is 3.34. The fraction of sp³-hybridized carbons (Fsp3) is 0.125. The Hall–Kier alpha value is -2.82. The first-order valence-corrected chi connectivity index (χ1v) is 9.27. The van der Waals surface area contributed by atoms with Crippen molar-refractivity contribution < 1.29 is 27.5 Å². The van der Waals surface area contributed by atoms with Crippen molar-refractivity contribution in [1.29, 1.82) is 0 Å². The number of benzene rings is 2. The van der Waals surface area contributed by atoms with Gasteiger partial charge in [-0.1, -0.05) is 11.6 Å². The second kappa shape index (κ2) is 8.25. The number of ether oxygens (including phenoxy) is 2. The number of nitrogens with two attached hydrogens (primary N) is 2. The van der Waals surface area contributed by atoms with Gasteiger partial charge in [-0.3, -0.25) is 4.79 Å². The second-order valence-electron chi connectivity index (χ2n) is 5.27. The molecule has 0 bridgehead atoms. The molecule has 0 aliphatic rings. The zero-order valence-electron chi connectivity index (χ0n) is 14.1. The number of hydrogen-bond acceptors (Lipinski definition) is 7. The molecule has 1 amide bonds. The zero-order chi connectivity index (χ0) is 20.2. The van der Waals surface area contributed by atoms with Crippen molar-refractivity contribution in [3.05, 3.63) is 47.0 Å². The molecule has 0 fully saturated rings. The van der Waals surface area contributed by atoms with Crippen LogP contribution in [-0.4, -0.2) is 34.0 Å². The molecule has 0 aromatic heterocycles. The largest absolute Gasteiger partial charge is 0.496 e. The highest BCUT2D eigenvalue weighted by Gasteiger charge is 2.18. The molecule has 0 unspecified atom stereocenters. The Morgan fingerprint density at radius 1 is 1.19 bits per heavy atom. The summed E-state index contributed by atoms with van der Waals surface area (Å²) in [5, 5.41) is 7.58. The number of methoxy groups -OCH3 is 1. The minimum Gasteiger partial charge on any atom is -0.496 e. The molecule has 0 heterocycles. The van der Waals surface area contributed by atoms with Crippen LogP contribution >= 0.6 is 11.6 Å². The van der Waals surface area contributed by atoms with Gasteiger partial charge in [0.05, 0.1) is 22.7 Å². The maximum absolute atomic E-state index is 12.1. The van der Waals surface area contributed by atoms with E-state index in [0.717, 1.165) is 0 Å². The van der Waals surface area contributed by atoms with Crippen molar-refractivity contribution in [3.63, 3.8) is 0 Å². The number of nitrogens with one attached hydrogen (secondary N) is 1. The molecule has 144 valence electrons. The molecule has 0 aliphatic carbocycles. The summed E-state index contributed by atoms with van der Waals surface area (Å²) in [5.74, 6) is -1.30. The average Bonchev–Trinajstić information content (AvgIpc) is 2.61. The van der Waals surface area contributed by atoms with Gasteiger partial charge in [0, 0.05) is 11.8 Å². The third-order valence-corrected chi connectivity index (χ3v) is 4.60. The van der Waals surface area contributed by atoms with Crippen molar-refractivity contribution in [2.75, 3.05) is 24.8 Å². The van der Waals surface area contributed by atoms with Crippen molar-refractivity contribution in [2.45, 2.75) is 4.90 Å². The summed E-state index contributed by atoms with van der Waals surface area (Å²) < 4.78 is 32.3. The van der Waals surface area contributed by atoms with E-state index < -0.39 is 28.5 Å². The Labute approximate surface area is 160 Å². The molecule has 11 heteroatoms. The molecule has 0 spiro atoms. The first-order valence-electron chi connectivity index (χ1n) is 7.34. The van der Waals surface area contributed by atoms with E-state index in [0.29, 0.717) is 5.69 Å². The first-order chi connectivity index (χ1) is 12.6. The van der Waals surface area contributed by atoms with Crippen LogP contribution in [0.4, 0.5) is 11.4 Å². The Kier molecular flexibility index (Phi) is 6.26. The third kappa shape index (κ3) is 5.33. The molecule has 2 rings (SSSR count). The average molecular weight is 414 g/mol. The molecule has 5 N–H and O–H groups in total. The number of carbonyl (C=O) groups is 2. The quantitative estimate of drug-likeness (QED) is 0.477. The number of anilines is 2. The van der Waals surface area contributed by atoms with Crippen LogP contribution in [0.25, 0.3) is 0 Å². The highest BCUT2D eigenvalue weighted by Crippen LogP contribution is 2.29. The lowest BCUT2D eigenvalue weighted by molar-refractivity contribution is -0.119. The summed E-state index contributed by atoms with van der Waals surface area (Å²) in [6, 6.07) is 7.81. The molecular weight excluding hydrogens is 398 g/mol. The maximum Gasteiger partial charge on any atom is 0.342 e. The molecule has 9 nitrogen and oxygen atoms in total. The van der Waals surface area contributed by atoms with Gasteiger partial charge in [0.2, 0.25) is 10.0 Å². The number of primary sulfonamides is 1. The summed E-state index contributed by atoms with van der Waals surface area (Å²) in [5.41, 5.74) is 6.18. The van der Waals surface area contributed by atoms with Gasteiger partial charge in [0.25, 0.3) is 5.91 Å². The molecule has 0 atom stereocenters. The number of nitrogen functional groups attached to an aromatic ring is 1. The standard InChI is InChI=1S/C16H16ClN3O6S/c1-25-14-7-13(18)12(17)6-11(14)16(22)26-8-15(21)20-9-2-4-10(5-3-9)27(19,23)24/h2-7H,8,18H2,1H3,(H,20,21)(H2,19,23,24). The molecule has 2 aromatic rings. The van der Waals surface area contributed by atoms with Gasteiger partial charge in [-0.15, -0.1) is 0 Å². The van der Waals surface area contributed by atoms with E-state index in [1.54, 1.807) is 0 Å². The van der Waals surface area contributed by atoms with E-state index in [9.17, 15) is 18.0 Å². The van der Waals surface area contributed by atoms with Gasteiger partial charge < -0.3 is 20.5 Å². The van der Waals surface area contributed by atoms with Crippen LogP contribution < -0.4 is 20.9 Å². The highest BCUT2D eigenvalue weighted by atomic mass is 35.5. The lowest BCUT2D eigenvalue weighted by atomic mass is 10.2. The highest BCUT2D eigenvalue weighted by molar-refractivity contribution is 7.89. The predicted molar refractivity (Wildman–Crippen MR) is 99.1 cm³/mol. The molecular formula is C16H16ClN3O6S. The summed E-state index contributed by atoms with van der Waals surface area (Å²) >= 11 is 5.88. The van der Waals surface area contributed by atoms with Crippen molar-refractivity contribution in [1.82, 2.24) is 0 Å². The lowest BCUT2D eigenvalue weighted by Gasteiger charge is -2.11. The fourth-order valence-corrected chi connectivity index (χ4v) is 2.71. The van der Waals surface area contributed by atoms with Crippen LogP contribution in [0.3, 0.4) is 0 Å². The Morgan fingerprint density at radius 3 is 2.37 bits per heavy atom. The predicted octanol–water partition coefficient (Wildman–Crippen LogP) is 1.37. The minimum absolute atomic E-state index is 0.0157. The summed E-state index contributed by atoms with van der Waals surface area (Å²) in [7, 11) is -2.48. The van der Waals surface area contributed by atoms with Crippen LogP contribution in [0.2, 0.25) is 5.02 Å². The normalized spacial score (nSPS) is 10.9. The van der Waals surface area contributed by atoms with Crippen molar-refractivity contribution in [2.24, 2.45) is 5.14 Å². The van der Waals surface area contributed by atoms with Gasteiger partial charge in [-0.05, 0) is 30.3 Å². The number of halogens is 1. The molecule has 0 saturated carbocycles. The summed E-state index contributed by atoms with van der Waals surface area (Å²) in [6.45, 7) is -0.582. The second-order valence-corrected chi connectivity index (χ2v) is 7.24. The number of carbonyl (C=O) groups excluding carboxylic acids is 2. The minimum atomic E-state index is -3.83. The topological polar surface area (TPSA) is 151 Å². The summed E-state index contributed by atoms with van der Waals surface area (Å²) in [4.78, 5) is 23.9. The van der Waals surface area contributed by atoms with Crippen LogP contribution in [0.5, 0.6) is 5.75 Å². The van der Waals surface area contributed by atoms with Gasteiger partial charge >= 0.3 is 5.97 Å². The van der Waals surface area contributed by atoms with E-state index in [2.05, 4.69) is 5.32 Å². The van der Waals surface area contributed by atoms with Crippen molar-refractivity contribution in [3.8, 4) is 5.75 Å². The van der Waals surface area contributed by atoms with Gasteiger partial charge in [-0.25, -0.2) is 18.4 Å². The Bertz CT molecular complexity index is 976. The molecule has 27 heavy (non-hydrogen) atoms. The van der Waals surface area contributed by atoms with Crippen molar-refractivity contribution >= 4 is 44.9 Å². The molecule has 0 aliphatic heterocycles. The van der Waals surface area contributed by atoms with E-state index in [1.807, 2.05) is 0 Å². The fourth-order valence-electron chi connectivity index (χ4n) is 2.03. The van der Waals surface area contributed by atoms with Gasteiger partial charge in [0.15, 0.2) is 6.61 Å². The number of sulfonamides is 1. The van der Waals surface area contributed by atoms with Crippen LogP contribution in [0.15, 0.2) is 41.3 Å². The first kappa shape index (κ1) is 20.5. The van der Waals surface area contributed by atoms with E-state index in [4.69, 9.17) is 31.9 Å². The number of esters is 1. The van der Waals surface area contributed by atoms with Gasteiger partial charge in [0.1, 0.15) is 11.3 Å². The van der Waals surface area contributed by atoms with E-state index in [1.165, 1.54) is 43.5 Å². The number of amides is 1. The molecule has 2 aromatic carbocycles. The summed E-state index contributed by atoms with van der Waals surface area (Å²) in [6.07, 6.45) is 0. The molecule has 0 radical (unpaired) electrons. The monoisotopic (exact) mass is 413 g/mol. The maximum atomic E-state index is 12.1. The zero-order valence-corrected chi connectivity index (χ0v) is 15.6. The number of hydrogen-bond donors (Lipinski definition) is 3. The van der Waals surface area contributed by atoms with Crippen LogP contribution in [0.1, 0.15) is 10.4 Å². The smallest absolute Gasteiger partial charge is 0.342 e. The molecule has 0 saturated heterocycles. The SMILES string of the molecule is COc1cc(N)c(Cl)cc1C(=O)OCC(=O)Nc1ccc(S(N)(=O)=O)cc1. The number of rotatable bonds is 6.